The Bertz CT molecular complexity index is 536. The number of carbonyl (C=O) groups excluding carboxylic acids is 1. The number of carbonyl (C=O) groups is 1. The average molecular weight is 337 g/mol. The lowest BCUT2D eigenvalue weighted by Gasteiger charge is -2.05. The van der Waals surface area contributed by atoms with Gasteiger partial charge in [0.15, 0.2) is 0 Å². The topological polar surface area (TPSA) is 84.6 Å². The molecule has 23 heavy (non-hydrogen) atoms. The van der Waals surface area contributed by atoms with Crippen molar-refractivity contribution in [1.29, 1.82) is 0 Å². The Morgan fingerprint density at radius 2 is 1.83 bits per heavy atom. The van der Waals surface area contributed by atoms with Crippen LogP contribution in [0.15, 0.2) is 29.4 Å². The molecule has 0 aromatic heterocycles. The average Bonchev–Trinajstić information content (AvgIpc) is 2.53. The van der Waals surface area contributed by atoms with Crippen LogP contribution in [0.4, 0.5) is 5.69 Å². The van der Waals surface area contributed by atoms with Gasteiger partial charge in [0, 0.05) is 23.6 Å². The maximum absolute atomic E-state index is 11.8. The Morgan fingerprint density at radius 1 is 1.22 bits per heavy atom. The first-order valence-corrected chi connectivity index (χ1v) is 8.87. The Morgan fingerprint density at radius 3 is 2.35 bits per heavy atom. The van der Waals surface area contributed by atoms with Gasteiger partial charge in [-0.25, -0.2) is 5.43 Å². The van der Waals surface area contributed by atoms with Gasteiger partial charge < -0.3 is 0 Å². The molecule has 1 aromatic rings. The highest BCUT2D eigenvalue weighted by Crippen LogP contribution is 2.16. The molecule has 0 heterocycles. The smallest absolute Gasteiger partial charge is 0.269 e. The molecule has 6 nitrogen and oxygen atoms in total. The Balaban J connectivity index is 2.35. The second kappa shape index (κ2) is 10.8. The monoisotopic (exact) mass is 337 g/mol. The molecule has 0 radical (unpaired) electrons. The number of nitrogens with one attached hydrogen (secondary N) is 1. The van der Waals surface area contributed by atoms with E-state index in [1.807, 2.05) is 0 Å². The van der Waals surface area contributed by atoms with Gasteiger partial charge in [0.05, 0.1) is 10.7 Å². The summed E-state index contributed by atoms with van der Waals surface area (Å²) in [5.41, 5.74) is 4.66. The summed E-state index contributed by atoms with van der Waals surface area (Å²) < 4.78 is 0. The normalized spacial score (nSPS) is 10.2. The second-order valence-corrected chi connectivity index (χ2v) is 6.11. The molecule has 0 saturated carbocycles. The summed E-state index contributed by atoms with van der Waals surface area (Å²) in [6.07, 6.45) is 3.85. The number of amides is 1. The molecule has 1 aromatic carbocycles. The fourth-order valence-corrected chi connectivity index (χ4v) is 2.74. The van der Waals surface area contributed by atoms with Crippen LogP contribution in [0.25, 0.3) is 0 Å². The minimum absolute atomic E-state index is 0.0743. The third-order valence-corrected chi connectivity index (χ3v) is 4.07. The van der Waals surface area contributed by atoms with Crippen LogP contribution in [0.1, 0.15) is 45.1 Å². The highest BCUT2D eigenvalue weighted by molar-refractivity contribution is 7.99. The lowest BCUT2D eigenvalue weighted by molar-refractivity contribution is -0.384. The summed E-state index contributed by atoms with van der Waals surface area (Å²) in [4.78, 5) is 21.9. The van der Waals surface area contributed by atoms with Gasteiger partial charge in [-0.05, 0) is 18.4 Å². The maximum atomic E-state index is 11.8. The summed E-state index contributed by atoms with van der Waals surface area (Å²) in [6, 6.07) is 6.37. The molecule has 0 atom stereocenters. The van der Waals surface area contributed by atoms with Crippen LogP contribution in [0.2, 0.25) is 0 Å². The van der Waals surface area contributed by atoms with Crippen LogP contribution in [0.5, 0.6) is 0 Å². The summed E-state index contributed by atoms with van der Waals surface area (Å²) in [5.74, 6) is 0.819. The molecule has 1 amide bonds. The van der Waals surface area contributed by atoms with Crippen molar-refractivity contribution in [2.75, 3.05) is 5.75 Å². The highest BCUT2D eigenvalue weighted by atomic mass is 32.2. The van der Waals surface area contributed by atoms with Gasteiger partial charge >= 0.3 is 0 Å². The third-order valence-electron chi connectivity index (χ3n) is 3.06. The van der Waals surface area contributed by atoms with Crippen molar-refractivity contribution in [2.45, 2.75) is 45.3 Å². The molecule has 7 heteroatoms. The van der Waals surface area contributed by atoms with Crippen molar-refractivity contribution < 1.29 is 9.72 Å². The molecule has 0 fully saturated rings. The standard InChI is InChI=1S/C16H23N3O3S/c1-3-5-14(6-4-2)17-18-16(20)12-23-11-13-7-9-15(10-8-13)19(21)22/h7-10H,3-6,11-12H2,1-2H3,(H,18,20). The van der Waals surface area contributed by atoms with Crippen LogP contribution >= 0.6 is 11.8 Å². The van der Waals surface area contributed by atoms with Gasteiger partial charge in [-0.2, -0.15) is 5.10 Å². The van der Waals surface area contributed by atoms with E-state index in [1.165, 1.54) is 23.9 Å². The van der Waals surface area contributed by atoms with E-state index in [0.717, 1.165) is 37.0 Å². The van der Waals surface area contributed by atoms with E-state index in [-0.39, 0.29) is 11.6 Å². The zero-order chi connectivity index (χ0) is 17.1. The van der Waals surface area contributed by atoms with Crippen molar-refractivity contribution in [1.82, 2.24) is 5.43 Å². The number of nitro groups is 1. The predicted octanol–water partition coefficient (Wildman–Crippen LogP) is 3.90. The molecule has 0 aliphatic heterocycles. The van der Waals surface area contributed by atoms with Gasteiger partial charge in [-0.15, -0.1) is 11.8 Å². The summed E-state index contributed by atoms with van der Waals surface area (Å²) in [5, 5.41) is 14.8. The predicted molar refractivity (Wildman–Crippen MR) is 94.7 cm³/mol. The van der Waals surface area contributed by atoms with Gasteiger partial charge in [-0.1, -0.05) is 38.8 Å². The van der Waals surface area contributed by atoms with E-state index >= 15 is 0 Å². The van der Waals surface area contributed by atoms with E-state index in [1.54, 1.807) is 12.1 Å². The maximum Gasteiger partial charge on any atom is 0.269 e. The zero-order valence-corrected chi connectivity index (χ0v) is 14.4. The molecule has 0 bridgehead atoms. The molecule has 0 spiro atoms. The number of benzene rings is 1. The molecular formula is C16H23N3O3S. The number of hydrazone groups is 1. The Kier molecular flexibility index (Phi) is 8.97. The number of nitro benzene ring substituents is 1. The molecule has 0 aliphatic carbocycles. The van der Waals surface area contributed by atoms with Crippen LogP contribution in [0.3, 0.4) is 0 Å². The van der Waals surface area contributed by atoms with E-state index in [4.69, 9.17) is 0 Å². The first-order chi connectivity index (χ1) is 11.1. The number of non-ortho nitro benzene ring substituents is 1. The first-order valence-electron chi connectivity index (χ1n) is 7.72. The molecule has 0 unspecified atom stereocenters. The van der Waals surface area contributed by atoms with Crippen molar-refractivity contribution in [3.05, 3.63) is 39.9 Å². The summed E-state index contributed by atoms with van der Waals surface area (Å²) in [6.45, 7) is 4.18. The molecule has 0 saturated heterocycles. The fraction of sp³-hybridized carbons (Fsp3) is 0.500. The Hall–Kier alpha value is -1.89. The van der Waals surface area contributed by atoms with E-state index in [0.29, 0.717) is 11.5 Å². The van der Waals surface area contributed by atoms with Crippen molar-refractivity contribution >= 4 is 29.1 Å². The summed E-state index contributed by atoms with van der Waals surface area (Å²) >= 11 is 1.46. The van der Waals surface area contributed by atoms with Crippen molar-refractivity contribution in [3.63, 3.8) is 0 Å². The number of rotatable bonds is 10. The molecule has 0 aliphatic rings. The SMILES string of the molecule is CCCC(CCC)=NNC(=O)CSCc1ccc([N+](=O)[O-])cc1. The quantitative estimate of drug-likeness (QED) is 0.398. The first kappa shape index (κ1) is 19.2. The lowest BCUT2D eigenvalue weighted by Crippen LogP contribution is -2.21. The van der Waals surface area contributed by atoms with Gasteiger partial charge in [0.2, 0.25) is 5.91 Å². The minimum atomic E-state index is -0.424. The van der Waals surface area contributed by atoms with Crippen molar-refractivity contribution in [3.8, 4) is 0 Å². The van der Waals surface area contributed by atoms with Crippen LogP contribution in [0, 0.1) is 10.1 Å². The largest absolute Gasteiger partial charge is 0.272 e. The fourth-order valence-electron chi connectivity index (χ4n) is 1.96. The van der Waals surface area contributed by atoms with Gasteiger partial charge in [-0.3, -0.25) is 14.9 Å². The molecule has 126 valence electrons. The number of nitrogens with zero attached hydrogens (tertiary/aromatic N) is 2. The van der Waals surface area contributed by atoms with Gasteiger partial charge in [0.25, 0.3) is 5.69 Å². The third kappa shape index (κ3) is 7.78. The van der Waals surface area contributed by atoms with Crippen molar-refractivity contribution in [2.24, 2.45) is 5.10 Å². The van der Waals surface area contributed by atoms with E-state index in [2.05, 4.69) is 24.4 Å². The van der Waals surface area contributed by atoms with E-state index in [9.17, 15) is 14.9 Å². The lowest BCUT2D eigenvalue weighted by atomic mass is 10.1. The van der Waals surface area contributed by atoms with Gasteiger partial charge in [0.1, 0.15) is 0 Å². The highest BCUT2D eigenvalue weighted by Gasteiger charge is 2.05. The molecule has 1 N–H and O–H groups in total. The number of thioether (sulfide) groups is 1. The van der Waals surface area contributed by atoms with E-state index < -0.39 is 4.92 Å². The molecule has 1 rings (SSSR count). The molecular weight excluding hydrogens is 314 g/mol. The van der Waals surface area contributed by atoms with Crippen LogP contribution in [-0.4, -0.2) is 22.3 Å². The Labute approximate surface area is 140 Å². The van der Waals surface area contributed by atoms with Crippen LogP contribution in [-0.2, 0) is 10.5 Å². The summed E-state index contributed by atoms with van der Waals surface area (Å²) in [7, 11) is 0. The number of hydrogen-bond donors (Lipinski definition) is 1. The minimum Gasteiger partial charge on any atom is -0.272 e. The zero-order valence-electron chi connectivity index (χ0n) is 13.6. The second-order valence-electron chi connectivity index (χ2n) is 5.13. The number of hydrogen-bond acceptors (Lipinski definition) is 5. The van der Waals surface area contributed by atoms with Crippen LogP contribution < -0.4 is 5.43 Å².